The largest absolute Gasteiger partial charge is 0.493 e. The number of amides is 1. The predicted molar refractivity (Wildman–Crippen MR) is 91.2 cm³/mol. The summed E-state index contributed by atoms with van der Waals surface area (Å²) in [4.78, 5) is 14.0. The molecular formula is C18H20ClNO3. The molecule has 0 fully saturated rings. The maximum Gasteiger partial charge on any atom is 0.227 e. The molecule has 0 spiro atoms. The SMILES string of the molecule is COc1ccc(CN(C)C(=O)Cc2ccccc2Cl)cc1OC. The predicted octanol–water partition coefficient (Wildman–Crippen LogP) is 3.56. The minimum atomic E-state index is 0.00730. The Hall–Kier alpha value is -2.20. The van der Waals surface area contributed by atoms with E-state index >= 15 is 0 Å². The van der Waals surface area contributed by atoms with Gasteiger partial charge in [0.25, 0.3) is 0 Å². The molecule has 0 aliphatic rings. The van der Waals surface area contributed by atoms with Crippen LogP contribution in [0.2, 0.25) is 5.02 Å². The van der Waals surface area contributed by atoms with E-state index in [1.807, 2.05) is 36.4 Å². The maximum atomic E-state index is 12.4. The first-order chi connectivity index (χ1) is 11.0. The van der Waals surface area contributed by atoms with E-state index in [0.717, 1.165) is 11.1 Å². The summed E-state index contributed by atoms with van der Waals surface area (Å²) in [5, 5.41) is 0.611. The molecule has 0 saturated heterocycles. The van der Waals surface area contributed by atoms with Gasteiger partial charge in [-0.05, 0) is 29.3 Å². The van der Waals surface area contributed by atoms with Crippen molar-refractivity contribution >= 4 is 17.5 Å². The van der Waals surface area contributed by atoms with Crippen LogP contribution in [0.4, 0.5) is 0 Å². The first kappa shape index (κ1) is 17.2. The lowest BCUT2D eigenvalue weighted by atomic mass is 10.1. The van der Waals surface area contributed by atoms with Crippen LogP contribution in [0.5, 0.6) is 11.5 Å². The van der Waals surface area contributed by atoms with Gasteiger partial charge in [0.15, 0.2) is 11.5 Å². The van der Waals surface area contributed by atoms with Crippen molar-refractivity contribution in [1.82, 2.24) is 4.90 Å². The number of nitrogens with zero attached hydrogens (tertiary/aromatic N) is 1. The number of methoxy groups -OCH3 is 2. The highest BCUT2D eigenvalue weighted by Gasteiger charge is 2.13. The van der Waals surface area contributed by atoms with Gasteiger partial charge in [-0.25, -0.2) is 0 Å². The summed E-state index contributed by atoms with van der Waals surface area (Å²) in [7, 11) is 4.96. The third-order valence-corrected chi connectivity index (χ3v) is 3.96. The van der Waals surface area contributed by atoms with Crippen molar-refractivity contribution in [2.45, 2.75) is 13.0 Å². The van der Waals surface area contributed by atoms with E-state index in [2.05, 4.69) is 0 Å². The van der Waals surface area contributed by atoms with Gasteiger partial charge < -0.3 is 14.4 Å². The lowest BCUT2D eigenvalue weighted by Gasteiger charge is -2.18. The number of benzene rings is 2. The van der Waals surface area contributed by atoms with E-state index in [4.69, 9.17) is 21.1 Å². The molecule has 0 aliphatic carbocycles. The summed E-state index contributed by atoms with van der Waals surface area (Å²) >= 11 is 6.10. The van der Waals surface area contributed by atoms with Crippen LogP contribution in [0, 0.1) is 0 Å². The van der Waals surface area contributed by atoms with E-state index in [0.29, 0.717) is 23.1 Å². The molecule has 2 rings (SSSR count). The molecule has 0 radical (unpaired) electrons. The highest BCUT2D eigenvalue weighted by atomic mass is 35.5. The molecule has 0 unspecified atom stereocenters. The quantitative estimate of drug-likeness (QED) is 0.811. The molecule has 23 heavy (non-hydrogen) atoms. The second-order valence-electron chi connectivity index (χ2n) is 5.21. The number of ether oxygens (including phenoxy) is 2. The summed E-state index contributed by atoms with van der Waals surface area (Å²) in [6.07, 6.45) is 0.281. The summed E-state index contributed by atoms with van der Waals surface area (Å²) in [6.45, 7) is 0.490. The van der Waals surface area contributed by atoms with Gasteiger partial charge in [0.2, 0.25) is 5.91 Å². The topological polar surface area (TPSA) is 38.8 Å². The Labute approximate surface area is 141 Å². The van der Waals surface area contributed by atoms with E-state index < -0.39 is 0 Å². The van der Waals surface area contributed by atoms with Gasteiger partial charge in [-0.15, -0.1) is 0 Å². The van der Waals surface area contributed by atoms with Crippen molar-refractivity contribution in [3.63, 3.8) is 0 Å². The molecule has 0 N–H and O–H groups in total. The Morgan fingerprint density at radius 3 is 2.43 bits per heavy atom. The Balaban J connectivity index is 2.05. The second kappa shape index (κ2) is 7.88. The van der Waals surface area contributed by atoms with Crippen molar-refractivity contribution in [2.24, 2.45) is 0 Å². The minimum absolute atomic E-state index is 0.00730. The monoisotopic (exact) mass is 333 g/mol. The van der Waals surface area contributed by atoms with E-state index in [1.54, 1.807) is 32.2 Å². The number of hydrogen-bond acceptors (Lipinski definition) is 3. The number of likely N-dealkylation sites (N-methyl/N-ethyl adjacent to an activating group) is 1. The molecule has 0 aliphatic heterocycles. The summed E-state index contributed by atoms with van der Waals surface area (Å²) in [5.41, 5.74) is 1.80. The average molecular weight is 334 g/mol. The van der Waals surface area contributed by atoms with Crippen LogP contribution in [0.15, 0.2) is 42.5 Å². The van der Waals surface area contributed by atoms with Crippen LogP contribution < -0.4 is 9.47 Å². The number of halogens is 1. The molecular weight excluding hydrogens is 314 g/mol. The minimum Gasteiger partial charge on any atom is -0.493 e. The zero-order chi connectivity index (χ0) is 16.8. The molecule has 5 heteroatoms. The Morgan fingerprint density at radius 1 is 1.09 bits per heavy atom. The maximum absolute atomic E-state index is 12.4. The fraction of sp³-hybridized carbons (Fsp3) is 0.278. The van der Waals surface area contributed by atoms with E-state index in [1.165, 1.54) is 0 Å². The highest BCUT2D eigenvalue weighted by Crippen LogP contribution is 2.28. The zero-order valence-corrected chi connectivity index (χ0v) is 14.3. The van der Waals surface area contributed by atoms with Crippen molar-refractivity contribution in [1.29, 1.82) is 0 Å². The molecule has 0 bridgehead atoms. The molecule has 1 amide bonds. The first-order valence-corrected chi connectivity index (χ1v) is 7.61. The van der Waals surface area contributed by atoms with Crippen LogP contribution in [-0.2, 0) is 17.8 Å². The van der Waals surface area contributed by atoms with Crippen molar-refractivity contribution in [2.75, 3.05) is 21.3 Å². The molecule has 0 atom stereocenters. The lowest BCUT2D eigenvalue weighted by molar-refractivity contribution is -0.129. The van der Waals surface area contributed by atoms with Crippen LogP contribution >= 0.6 is 11.6 Å². The second-order valence-corrected chi connectivity index (χ2v) is 5.61. The summed E-state index contributed by atoms with van der Waals surface area (Å²) in [6, 6.07) is 13.0. The van der Waals surface area contributed by atoms with Crippen LogP contribution in [0.3, 0.4) is 0 Å². The van der Waals surface area contributed by atoms with Gasteiger partial charge in [-0.1, -0.05) is 35.9 Å². The molecule has 4 nitrogen and oxygen atoms in total. The first-order valence-electron chi connectivity index (χ1n) is 7.23. The van der Waals surface area contributed by atoms with Crippen molar-refractivity contribution < 1.29 is 14.3 Å². The van der Waals surface area contributed by atoms with E-state index in [9.17, 15) is 4.79 Å². The number of carbonyl (C=O) groups is 1. The molecule has 2 aromatic carbocycles. The standard InChI is InChI=1S/C18H20ClNO3/c1-20(18(21)11-14-6-4-5-7-15(14)19)12-13-8-9-16(22-2)17(10-13)23-3/h4-10H,11-12H2,1-3H3. The van der Waals surface area contributed by atoms with Gasteiger partial charge in [-0.3, -0.25) is 4.79 Å². The van der Waals surface area contributed by atoms with Crippen molar-refractivity contribution in [3.8, 4) is 11.5 Å². The summed E-state index contributed by atoms with van der Waals surface area (Å²) in [5.74, 6) is 1.33. The fourth-order valence-electron chi connectivity index (χ4n) is 2.28. The van der Waals surface area contributed by atoms with Crippen LogP contribution in [0.25, 0.3) is 0 Å². The number of carbonyl (C=O) groups excluding carboxylic acids is 1. The van der Waals surface area contributed by atoms with Gasteiger partial charge in [0.05, 0.1) is 20.6 Å². The molecule has 0 aromatic heterocycles. The average Bonchev–Trinajstić information content (AvgIpc) is 2.56. The number of hydrogen-bond donors (Lipinski definition) is 0. The van der Waals surface area contributed by atoms with E-state index in [-0.39, 0.29) is 12.3 Å². The third kappa shape index (κ3) is 4.39. The van der Waals surface area contributed by atoms with Gasteiger partial charge in [0.1, 0.15) is 0 Å². The Morgan fingerprint density at radius 2 is 1.78 bits per heavy atom. The molecule has 0 heterocycles. The molecule has 0 saturated carbocycles. The number of rotatable bonds is 6. The Kier molecular flexibility index (Phi) is 5.88. The zero-order valence-electron chi connectivity index (χ0n) is 13.5. The summed E-state index contributed by atoms with van der Waals surface area (Å²) < 4.78 is 10.5. The highest BCUT2D eigenvalue weighted by molar-refractivity contribution is 6.31. The molecule has 2 aromatic rings. The van der Waals surface area contributed by atoms with Gasteiger partial charge in [-0.2, -0.15) is 0 Å². The van der Waals surface area contributed by atoms with Crippen LogP contribution in [-0.4, -0.2) is 32.1 Å². The van der Waals surface area contributed by atoms with Crippen molar-refractivity contribution in [3.05, 3.63) is 58.6 Å². The molecule has 122 valence electrons. The smallest absolute Gasteiger partial charge is 0.227 e. The van der Waals surface area contributed by atoms with Gasteiger partial charge in [0, 0.05) is 18.6 Å². The fourth-order valence-corrected chi connectivity index (χ4v) is 2.48. The lowest BCUT2D eigenvalue weighted by Crippen LogP contribution is -2.27. The van der Waals surface area contributed by atoms with Crippen LogP contribution in [0.1, 0.15) is 11.1 Å². The van der Waals surface area contributed by atoms with Gasteiger partial charge >= 0.3 is 0 Å². The Bertz CT molecular complexity index is 688. The normalized spacial score (nSPS) is 10.3. The third-order valence-electron chi connectivity index (χ3n) is 3.59.